The van der Waals surface area contributed by atoms with Gasteiger partial charge >= 0.3 is 0 Å². The molecule has 0 aliphatic carbocycles. The van der Waals surface area contributed by atoms with Gasteiger partial charge in [0.05, 0.1) is 12.7 Å². The number of ether oxygens (including phenoxy) is 1. The van der Waals surface area contributed by atoms with Gasteiger partial charge in [-0.25, -0.2) is 0 Å². The van der Waals surface area contributed by atoms with Crippen molar-refractivity contribution in [3.05, 3.63) is 76.4 Å². The molecule has 30 heavy (non-hydrogen) atoms. The second kappa shape index (κ2) is 9.80. The monoisotopic (exact) mass is 427 g/mol. The minimum Gasteiger partial charge on any atom is -0.492 e. The summed E-state index contributed by atoms with van der Waals surface area (Å²) in [5.41, 5.74) is 7.52. The molecule has 3 aromatic rings. The molecule has 4 N–H and O–H groups in total. The number of benzene rings is 2. The first kappa shape index (κ1) is 21.2. The van der Waals surface area contributed by atoms with E-state index in [1.54, 1.807) is 60.5 Å². The number of nitrogen functional groups attached to an aromatic ring is 1. The fourth-order valence-corrected chi connectivity index (χ4v) is 3.03. The van der Waals surface area contributed by atoms with Gasteiger partial charge in [0, 0.05) is 24.2 Å². The van der Waals surface area contributed by atoms with Crippen LogP contribution in [0.4, 0.5) is 5.82 Å². The third-order valence-electron chi connectivity index (χ3n) is 4.43. The van der Waals surface area contributed by atoms with Crippen molar-refractivity contribution in [1.29, 1.82) is 0 Å². The number of aromatic amines is 1. The first-order valence-corrected chi connectivity index (χ1v) is 9.63. The van der Waals surface area contributed by atoms with Crippen LogP contribution in [-0.4, -0.2) is 47.1 Å². The maximum absolute atomic E-state index is 13.0. The van der Waals surface area contributed by atoms with Gasteiger partial charge in [-0.05, 0) is 35.9 Å². The predicted molar refractivity (Wildman–Crippen MR) is 115 cm³/mol. The van der Waals surface area contributed by atoms with Crippen molar-refractivity contribution in [2.24, 2.45) is 0 Å². The Labute approximate surface area is 179 Å². The van der Waals surface area contributed by atoms with E-state index in [-0.39, 0.29) is 24.2 Å². The Morgan fingerprint density at radius 3 is 2.63 bits per heavy atom. The lowest BCUT2D eigenvalue weighted by molar-refractivity contribution is 0.0717. The van der Waals surface area contributed by atoms with E-state index in [1.807, 2.05) is 0 Å². The lowest BCUT2D eigenvalue weighted by Crippen LogP contribution is -2.34. The Balaban J connectivity index is 1.72. The van der Waals surface area contributed by atoms with E-state index >= 15 is 0 Å². The molecule has 0 saturated carbocycles. The maximum Gasteiger partial charge on any atom is 0.259 e. The highest BCUT2D eigenvalue weighted by atomic mass is 35.5. The van der Waals surface area contributed by atoms with Crippen LogP contribution in [0.5, 0.6) is 5.75 Å². The summed E-state index contributed by atoms with van der Waals surface area (Å²) in [5, 5.41) is 9.55. The number of H-pyrrole nitrogens is 1. The number of carbonyl (C=O) groups is 2. The molecule has 0 saturated heterocycles. The average Bonchev–Trinajstić information content (AvgIpc) is 3.18. The van der Waals surface area contributed by atoms with Gasteiger partial charge < -0.3 is 20.7 Å². The number of nitrogens with two attached hydrogens (primary N) is 1. The van der Waals surface area contributed by atoms with Crippen molar-refractivity contribution in [2.75, 3.05) is 25.9 Å². The number of carbonyl (C=O) groups excluding carboxylic acids is 2. The fourth-order valence-electron chi connectivity index (χ4n) is 2.85. The molecule has 156 valence electrons. The molecule has 0 fully saturated rings. The van der Waals surface area contributed by atoms with E-state index in [9.17, 15) is 9.59 Å². The Morgan fingerprint density at radius 2 is 2.00 bits per heavy atom. The van der Waals surface area contributed by atoms with Gasteiger partial charge in [-0.3, -0.25) is 14.7 Å². The molecule has 0 bridgehead atoms. The van der Waals surface area contributed by atoms with Crippen LogP contribution in [0.25, 0.3) is 0 Å². The third kappa shape index (κ3) is 5.30. The van der Waals surface area contributed by atoms with Gasteiger partial charge in [-0.15, -0.1) is 0 Å². The molecule has 0 aliphatic heterocycles. The summed E-state index contributed by atoms with van der Waals surface area (Å²) in [4.78, 5) is 26.3. The molecule has 0 spiro atoms. The predicted octanol–water partition coefficient (Wildman–Crippen LogP) is 2.73. The molecule has 9 heteroatoms. The van der Waals surface area contributed by atoms with Crippen LogP contribution in [0.2, 0.25) is 5.02 Å². The van der Waals surface area contributed by atoms with Gasteiger partial charge in [0.2, 0.25) is 0 Å². The second-order valence-electron chi connectivity index (χ2n) is 6.51. The lowest BCUT2D eigenvalue weighted by Gasteiger charge is -2.23. The van der Waals surface area contributed by atoms with Crippen LogP contribution in [-0.2, 0) is 6.54 Å². The largest absolute Gasteiger partial charge is 0.492 e. The van der Waals surface area contributed by atoms with Crippen LogP contribution in [0, 0.1) is 0 Å². The Bertz CT molecular complexity index is 1020. The summed E-state index contributed by atoms with van der Waals surface area (Å²) in [6.07, 6.45) is 1.40. The zero-order valence-corrected chi connectivity index (χ0v) is 17.1. The van der Waals surface area contributed by atoms with E-state index in [1.165, 1.54) is 6.20 Å². The normalized spacial score (nSPS) is 10.5. The number of nitrogens with zero attached hydrogens (tertiary/aromatic N) is 2. The highest BCUT2D eigenvalue weighted by Gasteiger charge is 2.20. The molecule has 0 radical (unpaired) electrons. The van der Waals surface area contributed by atoms with Crippen molar-refractivity contribution in [3.63, 3.8) is 0 Å². The first-order valence-electron chi connectivity index (χ1n) is 9.25. The van der Waals surface area contributed by atoms with Crippen molar-refractivity contribution in [1.82, 2.24) is 20.4 Å². The SMILES string of the molecule is CNC(=O)c1ccc(CN(CCOc2cccc(Cl)c2)C(=O)c2cn[nH]c2N)cc1. The summed E-state index contributed by atoms with van der Waals surface area (Å²) in [7, 11) is 1.58. The smallest absolute Gasteiger partial charge is 0.259 e. The zero-order chi connectivity index (χ0) is 21.5. The number of halogens is 1. The van der Waals surface area contributed by atoms with Crippen molar-refractivity contribution < 1.29 is 14.3 Å². The lowest BCUT2D eigenvalue weighted by atomic mass is 10.1. The van der Waals surface area contributed by atoms with Gasteiger partial charge in [-0.2, -0.15) is 5.10 Å². The van der Waals surface area contributed by atoms with Crippen LogP contribution in [0.15, 0.2) is 54.7 Å². The number of amides is 2. The topological polar surface area (TPSA) is 113 Å². The van der Waals surface area contributed by atoms with Crippen molar-refractivity contribution >= 4 is 29.2 Å². The standard InChI is InChI=1S/C21H22ClN5O3/c1-24-20(28)15-7-5-14(6-8-15)13-27(21(29)18-12-25-26-19(18)23)9-10-30-17-4-2-3-16(22)11-17/h2-8,11-12H,9-10,13H2,1H3,(H,24,28)(H3,23,25,26). The number of hydrogen-bond donors (Lipinski definition) is 3. The Morgan fingerprint density at radius 1 is 1.23 bits per heavy atom. The number of aromatic nitrogens is 2. The molecule has 3 rings (SSSR count). The zero-order valence-electron chi connectivity index (χ0n) is 16.4. The summed E-state index contributed by atoms with van der Waals surface area (Å²) >= 11 is 5.98. The minimum absolute atomic E-state index is 0.171. The fraction of sp³-hybridized carbons (Fsp3) is 0.190. The molecule has 8 nitrogen and oxygen atoms in total. The summed E-state index contributed by atoms with van der Waals surface area (Å²) < 4.78 is 5.73. The van der Waals surface area contributed by atoms with E-state index in [0.717, 1.165) is 5.56 Å². The van der Waals surface area contributed by atoms with E-state index < -0.39 is 0 Å². The second-order valence-corrected chi connectivity index (χ2v) is 6.94. The summed E-state index contributed by atoms with van der Waals surface area (Å²) in [6, 6.07) is 14.1. The Hall–Kier alpha value is -3.52. The van der Waals surface area contributed by atoms with Crippen molar-refractivity contribution in [3.8, 4) is 5.75 Å². The number of hydrogen-bond acceptors (Lipinski definition) is 5. The van der Waals surface area contributed by atoms with Gasteiger partial charge in [-0.1, -0.05) is 29.8 Å². The summed E-state index contributed by atoms with van der Waals surface area (Å²) in [6.45, 7) is 0.893. The molecule has 0 unspecified atom stereocenters. The van der Waals surface area contributed by atoms with Crippen molar-refractivity contribution in [2.45, 2.75) is 6.54 Å². The van der Waals surface area contributed by atoms with E-state index in [0.29, 0.717) is 35.0 Å². The molecule has 2 amide bonds. The van der Waals surface area contributed by atoms with Crippen LogP contribution in [0.1, 0.15) is 26.3 Å². The van der Waals surface area contributed by atoms with Gasteiger partial charge in [0.25, 0.3) is 11.8 Å². The minimum atomic E-state index is -0.272. The number of nitrogens with one attached hydrogen (secondary N) is 2. The maximum atomic E-state index is 13.0. The van der Waals surface area contributed by atoms with Crippen LogP contribution < -0.4 is 15.8 Å². The van der Waals surface area contributed by atoms with Crippen LogP contribution in [0.3, 0.4) is 0 Å². The number of rotatable bonds is 8. The summed E-state index contributed by atoms with van der Waals surface area (Å²) in [5.74, 6) is 0.380. The highest BCUT2D eigenvalue weighted by molar-refractivity contribution is 6.30. The molecule has 0 atom stereocenters. The molecule has 0 aliphatic rings. The Kier molecular flexibility index (Phi) is 6.92. The van der Waals surface area contributed by atoms with Gasteiger partial charge in [0.1, 0.15) is 23.7 Å². The van der Waals surface area contributed by atoms with E-state index in [2.05, 4.69) is 15.5 Å². The quantitative estimate of drug-likeness (QED) is 0.511. The molecular formula is C21H22ClN5O3. The van der Waals surface area contributed by atoms with Crippen LogP contribution >= 0.6 is 11.6 Å². The molecule has 1 heterocycles. The molecule has 2 aromatic carbocycles. The third-order valence-corrected chi connectivity index (χ3v) is 4.66. The van der Waals surface area contributed by atoms with Gasteiger partial charge in [0.15, 0.2) is 0 Å². The highest BCUT2D eigenvalue weighted by Crippen LogP contribution is 2.18. The first-order chi connectivity index (χ1) is 14.5. The molecule has 1 aromatic heterocycles. The number of anilines is 1. The molecular weight excluding hydrogens is 406 g/mol. The average molecular weight is 428 g/mol. The van der Waals surface area contributed by atoms with E-state index in [4.69, 9.17) is 22.1 Å².